The summed E-state index contributed by atoms with van der Waals surface area (Å²) in [6, 6.07) is 0. The first-order chi connectivity index (χ1) is 4.35. The average molecular weight is 266 g/mol. The van der Waals surface area contributed by atoms with E-state index in [9.17, 15) is 0 Å². The van der Waals surface area contributed by atoms with Crippen molar-refractivity contribution >= 4 is 45.6 Å². The van der Waals surface area contributed by atoms with Crippen LogP contribution in [0.25, 0.3) is 0 Å². The quantitative estimate of drug-likeness (QED) is 0.406. The number of halogens is 1. The molecule has 0 radical (unpaired) electrons. The minimum atomic E-state index is 0. The van der Waals surface area contributed by atoms with E-state index in [2.05, 4.69) is 36.4 Å². The van der Waals surface area contributed by atoms with Crippen LogP contribution in [0.3, 0.4) is 0 Å². The van der Waals surface area contributed by atoms with Crippen molar-refractivity contribution in [1.82, 2.24) is 0 Å². The van der Waals surface area contributed by atoms with Gasteiger partial charge >= 0.3 is 23.1 Å². The van der Waals surface area contributed by atoms with Crippen LogP contribution in [0.5, 0.6) is 0 Å². The molecule has 0 nitrogen and oxygen atoms in total. The van der Waals surface area contributed by atoms with Crippen LogP contribution in [-0.4, -0.2) is 27.5 Å². The van der Waals surface area contributed by atoms with Gasteiger partial charge in [0.15, 0.2) is 0 Å². The third kappa shape index (κ3) is 7.60. The van der Waals surface area contributed by atoms with Gasteiger partial charge in [-0.05, 0) is 12.3 Å². The van der Waals surface area contributed by atoms with Crippen molar-refractivity contribution in [2.75, 3.05) is 4.43 Å². The zero-order valence-electron chi connectivity index (χ0n) is 9.20. The van der Waals surface area contributed by atoms with Crippen LogP contribution in [0.2, 0.25) is 0 Å². The second kappa shape index (κ2) is 10.5. The molecular formula is C8H19IMg. The SMILES string of the molecule is CCCCC(CC)CI.[H-].[H-].[Mg+2]. The van der Waals surface area contributed by atoms with E-state index in [0.717, 1.165) is 5.92 Å². The number of hydrogen-bond donors (Lipinski definition) is 0. The predicted octanol–water partition coefficient (Wildman–Crippen LogP) is 3.48. The fraction of sp³-hybridized carbons (Fsp3) is 1.00. The van der Waals surface area contributed by atoms with E-state index in [1.807, 2.05) is 0 Å². The van der Waals surface area contributed by atoms with Crippen LogP contribution in [0.1, 0.15) is 42.4 Å². The molecule has 0 heterocycles. The molecule has 1 atom stereocenters. The maximum Gasteiger partial charge on any atom is 2.00 e. The van der Waals surface area contributed by atoms with Crippen LogP contribution in [0, 0.1) is 5.92 Å². The monoisotopic (exact) mass is 266 g/mol. The Morgan fingerprint density at radius 2 is 2.00 bits per heavy atom. The fourth-order valence-electron chi connectivity index (χ4n) is 0.883. The molecule has 0 aromatic carbocycles. The Morgan fingerprint density at radius 3 is 2.30 bits per heavy atom. The van der Waals surface area contributed by atoms with E-state index in [1.54, 1.807) is 0 Å². The standard InChI is InChI=1S/C8H17I.Mg.2H/c1-3-5-6-8(4-2)7-9;;;/h8H,3-7H2,1-2H3;;;/q;+2;2*-1. The van der Waals surface area contributed by atoms with E-state index in [4.69, 9.17) is 0 Å². The smallest absolute Gasteiger partial charge is 1.00 e. The van der Waals surface area contributed by atoms with Gasteiger partial charge in [-0.2, -0.15) is 0 Å². The zero-order valence-corrected chi connectivity index (χ0v) is 10.8. The molecule has 0 fully saturated rings. The molecule has 0 rings (SSSR count). The van der Waals surface area contributed by atoms with Gasteiger partial charge in [-0.1, -0.05) is 55.7 Å². The molecule has 1 unspecified atom stereocenters. The molecule has 0 N–H and O–H groups in total. The summed E-state index contributed by atoms with van der Waals surface area (Å²) in [5, 5.41) is 0. The third-order valence-electron chi connectivity index (χ3n) is 1.76. The summed E-state index contributed by atoms with van der Waals surface area (Å²) in [6.45, 7) is 4.55. The first kappa shape index (κ1) is 14.0. The van der Waals surface area contributed by atoms with Gasteiger partial charge in [-0.25, -0.2) is 0 Å². The first-order valence-electron chi connectivity index (χ1n) is 3.91. The molecule has 0 aliphatic rings. The summed E-state index contributed by atoms with van der Waals surface area (Å²) in [4.78, 5) is 0. The number of unbranched alkanes of at least 4 members (excludes halogenated alkanes) is 1. The summed E-state index contributed by atoms with van der Waals surface area (Å²) in [7, 11) is 0. The third-order valence-corrected chi connectivity index (χ3v) is 3.01. The molecule has 60 valence electrons. The molecule has 2 heteroatoms. The number of hydrogen-bond acceptors (Lipinski definition) is 0. The van der Waals surface area contributed by atoms with Crippen molar-refractivity contribution < 1.29 is 2.85 Å². The molecule has 0 aliphatic carbocycles. The van der Waals surface area contributed by atoms with E-state index < -0.39 is 0 Å². The fourth-order valence-corrected chi connectivity index (χ4v) is 1.95. The van der Waals surface area contributed by atoms with Crippen molar-refractivity contribution in [2.24, 2.45) is 5.92 Å². The Balaban J connectivity index is -0.000000107. The summed E-state index contributed by atoms with van der Waals surface area (Å²) in [5.41, 5.74) is 0. The first-order valence-corrected chi connectivity index (χ1v) is 5.43. The number of alkyl halides is 1. The van der Waals surface area contributed by atoms with Gasteiger partial charge in [0.05, 0.1) is 0 Å². The molecule has 0 saturated heterocycles. The Bertz CT molecular complexity index is 61.0. The van der Waals surface area contributed by atoms with Gasteiger partial charge in [-0.15, -0.1) is 0 Å². The van der Waals surface area contributed by atoms with Gasteiger partial charge in [0, 0.05) is 4.43 Å². The van der Waals surface area contributed by atoms with Crippen molar-refractivity contribution in [1.29, 1.82) is 0 Å². The Morgan fingerprint density at radius 1 is 1.40 bits per heavy atom. The summed E-state index contributed by atoms with van der Waals surface area (Å²) < 4.78 is 1.34. The second-order valence-corrected chi connectivity index (χ2v) is 3.45. The minimum absolute atomic E-state index is 0. The molecule has 0 spiro atoms. The summed E-state index contributed by atoms with van der Waals surface area (Å²) in [6.07, 6.45) is 5.58. The molecule has 0 aromatic heterocycles. The van der Waals surface area contributed by atoms with Gasteiger partial charge < -0.3 is 2.85 Å². The predicted molar refractivity (Wildman–Crippen MR) is 60.2 cm³/mol. The van der Waals surface area contributed by atoms with Crippen LogP contribution >= 0.6 is 22.6 Å². The van der Waals surface area contributed by atoms with E-state index >= 15 is 0 Å². The van der Waals surface area contributed by atoms with E-state index in [-0.39, 0.29) is 25.9 Å². The summed E-state index contributed by atoms with van der Waals surface area (Å²) >= 11 is 2.49. The van der Waals surface area contributed by atoms with Crippen LogP contribution < -0.4 is 0 Å². The molecule has 0 aromatic rings. The normalized spacial score (nSPS) is 12.3. The molecular weight excluding hydrogens is 247 g/mol. The Labute approximate surface area is 97.8 Å². The zero-order chi connectivity index (χ0) is 7.11. The van der Waals surface area contributed by atoms with Crippen LogP contribution in [-0.2, 0) is 0 Å². The van der Waals surface area contributed by atoms with Crippen molar-refractivity contribution in [3.05, 3.63) is 0 Å². The maximum atomic E-state index is 2.49. The van der Waals surface area contributed by atoms with Gasteiger partial charge in [0.25, 0.3) is 0 Å². The van der Waals surface area contributed by atoms with Crippen molar-refractivity contribution in [3.63, 3.8) is 0 Å². The van der Waals surface area contributed by atoms with E-state index in [0.29, 0.717) is 0 Å². The maximum absolute atomic E-state index is 2.49. The topological polar surface area (TPSA) is 0 Å². The Hall–Kier alpha value is 1.50. The van der Waals surface area contributed by atoms with Crippen molar-refractivity contribution in [2.45, 2.75) is 39.5 Å². The van der Waals surface area contributed by atoms with Gasteiger partial charge in [0.1, 0.15) is 0 Å². The molecule has 0 amide bonds. The van der Waals surface area contributed by atoms with Gasteiger partial charge in [0.2, 0.25) is 0 Å². The average Bonchev–Trinajstić information content (AvgIpc) is 1.91. The van der Waals surface area contributed by atoms with Gasteiger partial charge in [-0.3, -0.25) is 0 Å². The molecule has 0 saturated carbocycles. The van der Waals surface area contributed by atoms with Crippen molar-refractivity contribution in [3.8, 4) is 0 Å². The molecule has 0 aliphatic heterocycles. The minimum Gasteiger partial charge on any atom is -1.00 e. The van der Waals surface area contributed by atoms with Crippen LogP contribution in [0.4, 0.5) is 0 Å². The molecule has 10 heavy (non-hydrogen) atoms. The summed E-state index contributed by atoms with van der Waals surface area (Å²) in [5.74, 6) is 0.991. The largest absolute Gasteiger partial charge is 2.00 e. The molecule has 0 bridgehead atoms. The number of rotatable bonds is 5. The Kier molecular flexibility index (Phi) is 14.7. The second-order valence-electron chi connectivity index (χ2n) is 2.57. The van der Waals surface area contributed by atoms with Crippen LogP contribution in [0.15, 0.2) is 0 Å². The van der Waals surface area contributed by atoms with E-state index in [1.165, 1.54) is 30.1 Å².